The second kappa shape index (κ2) is 2.85. The Kier molecular flexibility index (Phi) is 2.81. The highest BCUT2D eigenvalue weighted by Gasteiger charge is 2.42. The number of hydrogen-bond donors (Lipinski definition) is 0. The van der Waals surface area contributed by atoms with E-state index in [-0.39, 0.29) is 0 Å². The monoisotopic (exact) mass is 150 g/mol. The minimum absolute atomic E-state index is 0.535. The molecule has 0 saturated heterocycles. The Morgan fingerprint density at radius 1 is 1.00 bits per heavy atom. The second-order valence-corrected chi connectivity index (χ2v) is 3.16. The third kappa shape index (κ3) is 1.68. The van der Waals surface area contributed by atoms with Gasteiger partial charge < -0.3 is 0 Å². The Morgan fingerprint density at radius 3 is 1.30 bits per heavy atom. The van der Waals surface area contributed by atoms with Crippen molar-refractivity contribution in [3.63, 3.8) is 0 Å². The van der Waals surface area contributed by atoms with Crippen LogP contribution >= 0.6 is 0 Å². The first kappa shape index (κ1) is 9.86. The van der Waals surface area contributed by atoms with Crippen LogP contribution in [0, 0.1) is 5.41 Å². The molecule has 0 atom stereocenters. The molecule has 0 spiro atoms. The van der Waals surface area contributed by atoms with Crippen LogP contribution in [0.4, 0.5) is 8.78 Å². The molecule has 0 aliphatic rings. The van der Waals surface area contributed by atoms with Crippen molar-refractivity contribution in [3.8, 4) is 0 Å². The van der Waals surface area contributed by atoms with Crippen LogP contribution in [0.5, 0.6) is 0 Å². The van der Waals surface area contributed by atoms with Gasteiger partial charge in [-0.25, -0.2) is 8.78 Å². The van der Waals surface area contributed by atoms with Gasteiger partial charge in [-0.1, -0.05) is 20.8 Å². The molecule has 0 nitrogen and oxygen atoms in total. The first-order chi connectivity index (χ1) is 4.37. The molecule has 10 heavy (non-hydrogen) atoms. The standard InChI is InChI=1S/C8H16F2/c1-5-7(3,6-2)8(4,9)10/h5-6H2,1-4H3. The number of alkyl halides is 2. The quantitative estimate of drug-likeness (QED) is 0.578. The molecule has 0 amide bonds. The maximum atomic E-state index is 12.8. The topological polar surface area (TPSA) is 0 Å². The summed E-state index contributed by atoms with van der Waals surface area (Å²) in [5.41, 5.74) is -0.812. The van der Waals surface area contributed by atoms with Gasteiger partial charge >= 0.3 is 0 Å². The number of hydrogen-bond acceptors (Lipinski definition) is 0. The third-order valence-electron chi connectivity index (χ3n) is 2.62. The van der Waals surface area contributed by atoms with Crippen LogP contribution in [0.1, 0.15) is 40.5 Å². The molecule has 0 aromatic heterocycles. The molecule has 0 heterocycles. The largest absolute Gasteiger partial charge is 0.250 e. The summed E-state index contributed by atoms with van der Waals surface area (Å²) in [4.78, 5) is 0. The van der Waals surface area contributed by atoms with Crippen molar-refractivity contribution in [1.82, 2.24) is 0 Å². The van der Waals surface area contributed by atoms with Gasteiger partial charge in [0.1, 0.15) is 0 Å². The molecule has 0 rings (SSSR count). The fourth-order valence-corrected chi connectivity index (χ4v) is 0.871. The van der Waals surface area contributed by atoms with Gasteiger partial charge in [-0.3, -0.25) is 0 Å². The van der Waals surface area contributed by atoms with Crippen LogP contribution in [0.2, 0.25) is 0 Å². The molecule has 0 aliphatic heterocycles. The number of halogens is 2. The van der Waals surface area contributed by atoms with E-state index in [1.54, 1.807) is 20.8 Å². The van der Waals surface area contributed by atoms with Crippen LogP contribution in [0.25, 0.3) is 0 Å². The second-order valence-electron chi connectivity index (χ2n) is 3.16. The highest BCUT2D eigenvalue weighted by Crippen LogP contribution is 2.41. The summed E-state index contributed by atoms with van der Waals surface area (Å²) in [6, 6.07) is 0. The van der Waals surface area contributed by atoms with Gasteiger partial charge in [-0.05, 0) is 19.8 Å². The maximum absolute atomic E-state index is 12.8. The van der Waals surface area contributed by atoms with Crippen molar-refractivity contribution in [2.24, 2.45) is 5.41 Å². The van der Waals surface area contributed by atoms with Crippen LogP contribution in [0.3, 0.4) is 0 Å². The van der Waals surface area contributed by atoms with Crippen LogP contribution in [-0.4, -0.2) is 5.92 Å². The minimum Gasteiger partial charge on any atom is -0.207 e. The molecule has 62 valence electrons. The molecule has 0 saturated carbocycles. The van der Waals surface area contributed by atoms with E-state index < -0.39 is 11.3 Å². The van der Waals surface area contributed by atoms with Crippen molar-refractivity contribution >= 4 is 0 Å². The zero-order valence-corrected chi connectivity index (χ0v) is 7.17. The van der Waals surface area contributed by atoms with Gasteiger partial charge in [-0.2, -0.15) is 0 Å². The molecule has 0 unspecified atom stereocenters. The molecule has 0 aliphatic carbocycles. The summed E-state index contributed by atoms with van der Waals surface area (Å²) in [6.07, 6.45) is 1.07. The average Bonchev–Trinajstić information content (AvgIpc) is 1.84. The summed E-state index contributed by atoms with van der Waals surface area (Å²) in [5, 5.41) is 0. The summed E-state index contributed by atoms with van der Waals surface area (Å²) in [5.74, 6) is -2.55. The molecule has 2 heteroatoms. The summed E-state index contributed by atoms with van der Waals surface area (Å²) < 4.78 is 25.5. The van der Waals surface area contributed by atoms with Gasteiger partial charge in [0.05, 0.1) is 0 Å². The first-order valence-corrected chi connectivity index (χ1v) is 3.75. The summed E-state index contributed by atoms with van der Waals surface area (Å²) in [6.45, 7) is 6.24. The normalized spacial score (nSPS) is 13.8. The highest BCUT2D eigenvalue weighted by atomic mass is 19.3. The summed E-state index contributed by atoms with van der Waals surface area (Å²) in [7, 11) is 0. The van der Waals surface area contributed by atoms with Crippen molar-refractivity contribution in [2.75, 3.05) is 0 Å². The van der Waals surface area contributed by atoms with Crippen molar-refractivity contribution in [1.29, 1.82) is 0 Å². The van der Waals surface area contributed by atoms with E-state index >= 15 is 0 Å². The molecular formula is C8H16F2. The zero-order chi connectivity index (χ0) is 8.41. The molecule has 0 aromatic rings. The van der Waals surface area contributed by atoms with E-state index in [2.05, 4.69) is 0 Å². The molecular weight excluding hydrogens is 134 g/mol. The lowest BCUT2D eigenvalue weighted by Crippen LogP contribution is -2.34. The third-order valence-corrected chi connectivity index (χ3v) is 2.62. The zero-order valence-electron chi connectivity index (χ0n) is 7.17. The Labute approximate surface area is 61.6 Å². The van der Waals surface area contributed by atoms with Crippen LogP contribution in [-0.2, 0) is 0 Å². The average molecular weight is 150 g/mol. The number of rotatable bonds is 3. The molecule has 0 bridgehead atoms. The molecule has 0 radical (unpaired) electrons. The smallest absolute Gasteiger partial charge is 0.207 e. The van der Waals surface area contributed by atoms with Crippen molar-refractivity contribution in [2.45, 2.75) is 46.5 Å². The van der Waals surface area contributed by atoms with Crippen molar-refractivity contribution < 1.29 is 8.78 Å². The molecule has 0 aromatic carbocycles. The first-order valence-electron chi connectivity index (χ1n) is 3.75. The van der Waals surface area contributed by atoms with Crippen LogP contribution < -0.4 is 0 Å². The van der Waals surface area contributed by atoms with Crippen molar-refractivity contribution in [3.05, 3.63) is 0 Å². The fourth-order valence-electron chi connectivity index (χ4n) is 0.871. The SMILES string of the molecule is CCC(C)(CC)C(C)(F)F. The predicted molar refractivity (Wildman–Crippen MR) is 39.3 cm³/mol. The fraction of sp³-hybridized carbons (Fsp3) is 1.00. The van der Waals surface area contributed by atoms with Gasteiger partial charge in [-0.15, -0.1) is 0 Å². The lowest BCUT2D eigenvalue weighted by atomic mass is 9.79. The molecule has 0 N–H and O–H groups in total. The van der Waals surface area contributed by atoms with Gasteiger partial charge in [0.25, 0.3) is 5.92 Å². The van der Waals surface area contributed by atoms with E-state index in [1.807, 2.05) is 0 Å². The van der Waals surface area contributed by atoms with Gasteiger partial charge in [0, 0.05) is 5.41 Å². The van der Waals surface area contributed by atoms with E-state index in [4.69, 9.17) is 0 Å². The highest BCUT2D eigenvalue weighted by molar-refractivity contribution is 4.82. The Bertz CT molecular complexity index is 98.3. The van der Waals surface area contributed by atoms with E-state index in [0.717, 1.165) is 6.92 Å². The summed E-state index contributed by atoms with van der Waals surface area (Å²) >= 11 is 0. The lowest BCUT2D eigenvalue weighted by Gasteiger charge is -2.33. The molecule has 0 fully saturated rings. The van der Waals surface area contributed by atoms with Gasteiger partial charge in [0.2, 0.25) is 0 Å². The van der Waals surface area contributed by atoms with Crippen LogP contribution in [0.15, 0.2) is 0 Å². The lowest BCUT2D eigenvalue weighted by molar-refractivity contribution is -0.101. The van der Waals surface area contributed by atoms with Gasteiger partial charge in [0.15, 0.2) is 0 Å². The Morgan fingerprint density at radius 2 is 1.30 bits per heavy atom. The Hall–Kier alpha value is -0.140. The van der Waals surface area contributed by atoms with E-state index in [9.17, 15) is 8.78 Å². The van der Waals surface area contributed by atoms with E-state index in [1.165, 1.54) is 0 Å². The minimum atomic E-state index is -2.55. The predicted octanol–water partition coefficient (Wildman–Crippen LogP) is 3.47. The Balaban J connectivity index is 4.33. The maximum Gasteiger partial charge on any atom is 0.250 e. The van der Waals surface area contributed by atoms with E-state index in [0.29, 0.717) is 12.8 Å².